The quantitative estimate of drug-likeness (QED) is 0.730. The van der Waals surface area contributed by atoms with Crippen LogP contribution in [0.5, 0.6) is 0 Å². The van der Waals surface area contributed by atoms with Crippen molar-refractivity contribution in [2.24, 2.45) is 0 Å². The summed E-state index contributed by atoms with van der Waals surface area (Å²) in [6.07, 6.45) is 1.80. The first kappa shape index (κ1) is 9.82. The molecule has 0 amide bonds. The maximum Gasteiger partial charge on any atom is 0.0447 e. The van der Waals surface area contributed by atoms with E-state index in [0.29, 0.717) is 0 Å². The fourth-order valence-electron chi connectivity index (χ4n) is 0.910. The third-order valence-electron chi connectivity index (χ3n) is 1.66. The van der Waals surface area contributed by atoms with Gasteiger partial charge in [0.1, 0.15) is 0 Å². The minimum atomic E-state index is 0.760. The van der Waals surface area contributed by atoms with Crippen molar-refractivity contribution in [1.82, 2.24) is 0 Å². The van der Waals surface area contributed by atoms with E-state index >= 15 is 0 Å². The van der Waals surface area contributed by atoms with E-state index < -0.39 is 0 Å². The van der Waals surface area contributed by atoms with Gasteiger partial charge in [-0.3, -0.25) is 0 Å². The van der Waals surface area contributed by atoms with Crippen LogP contribution in [0.1, 0.15) is 12.5 Å². The Morgan fingerprint density at radius 3 is 2.83 bits per heavy atom. The molecule has 0 heterocycles. The topological polar surface area (TPSA) is 0 Å². The zero-order valence-electron chi connectivity index (χ0n) is 6.77. The minimum Gasteiger partial charge on any atom is -0.102 e. The van der Waals surface area contributed by atoms with Crippen molar-refractivity contribution in [3.63, 3.8) is 0 Å². The number of allylic oxidation sites excluding steroid dienone is 1. The lowest BCUT2D eigenvalue weighted by atomic mass is 10.0. The molecule has 1 rings (SSSR count). The molecule has 1 aromatic carbocycles. The van der Waals surface area contributed by atoms with Gasteiger partial charge in [-0.1, -0.05) is 40.5 Å². The monoisotopic (exact) mass is 243 g/mol. The van der Waals surface area contributed by atoms with Crippen molar-refractivity contribution >= 4 is 27.5 Å². The first-order chi connectivity index (χ1) is 5.65. The first-order valence-corrected chi connectivity index (χ1v) is 4.73. The van der Waals surface area contributed by atoms with Crippen LogP contribution in [0, 0.1) is 5.92 Å². The Labute approximate surface area is 86.4 Å². The zero-order chi connectivity index (χ0) is 9.14. The van der Waals surface area contributed by atoms with Gasteiger partial charge in [0.15, 0.2) is 0 Å². The summed E-state index contributed by atoms with van der Waals surface area (Å²) < 4.78 is 1.03. The van der Waals surface area contributed by atoms with Gasteiger partial charge in [-0.25, -0.2) is 0 Å². The molecule has 63 valence electrons. The summed E-state index contributed by atoms with van der Waals surface area (Å²) in [5.41, 5.74) is 1.03. The molecule has 0 unspecified atom stereocenters. The van der Waals surface area contributed by atoms with E-state index in [1.807, 2.05) is 25.1 Å². The summed E-state index contributed by atoms with van der Waals surface area (Å²) in [7, 11) is 0. The molecule has 1 aromatic rings. The fraction of sp³-hybridized carbons (Fsp3) is 0.100. The highest BCUT2D eigenvalue weighted by atomic mass is 79.9. The van der Waals surface area contributed by atoms with E-state index in [2.05, 4.69) is 22.5 Å². The predicted octanol–water partition coefficient (Wildman–Crippen LogP) is 4.23. The molecule has 0 aliphatic heterocycles. The molecule has 0 saturated carbocycles. The second kappa shape index (κ2) is 4.11. The smallest absolute Gasteiger partial charge is 0.0447 e. The lowest BCUT2D eigenvalue weighted by molar-refractivity contribution is 1.25. The average Bonchev–Trinajstić information content (AvgIpc) is 2.08. The average molecular weight is 245 g/mol. The Bertz CT molecular complexity index is 294. The largest absolute Gasteiger partial charge is 0.102 e. The molecule has 0 fully saturated rings. The molecule has 0 bridgehead atoms. The van der Waals surface area contributed by atoms with Gasteiger partial charge in [0.25, 0.3) is 0 Å². The molecule has 2 heteroatoms. The fourth-order valence-corrected chi connectivity index (χ4v) is 1.54. The molecule has 0 nitrogen and oxygen atoms in total. The molecule has 0 aromatic heterocycles. The van der Waals surface area contributed by atoms with Crippen LogP contribution in [0.25, 0.3) is 0 Å². The summed E-state index contributed by atoms with van der Waals surface area (Å²) in [6, 6.07) is 5.77. The number of benzene rings is 1. The summed E-state index contributed by atoms with van der Waals surface area (Å²) in [6.45, 7) is 5.68. The highest BCUT2D eigenvalue weighted by molar-refractivity contribution is 9.10. The van der Waals surface area contributed by atoms with Crippen LogP contribution in [-0.2, 0) is 0 Å². The second-order valence-corrected chi connectivity index (χ2v) is 3.83. The highest BCUT2D eigenvalue weighted by Crippen LogP contribution is 2.27. The Morgan fingerprint density at radius 2 is 2.25 bits per heavy atom. The van der Waals surface area contributed by atoms with Crippen molar-refractivity contribution < 1.29 is 0 Å². The minimum absolute atomic E-state index is 0.760. The van der Waals surface area contributed by atoms with Crippen molar-refractivity contribution in [3.05, 3.63) is 51.8 Å². The van der Waals surface area contributed by atoms with Crippen LogP contribution >= 0.6 is 27.5 Å². The molecule has 0 aliphatic carbocycles. The van der Waals surface area contributed by atoms with Gasteiger partial charge in [0.2, 0.25) is 0 Å². The van der Waals surface area contributed by atoms with E-state index in [0.717, 1.165) is 21.0 Å². The van der Waals surface area contributed by atoms with Crippen LogP contribution in [0.4, 0.5) is 0 Å². The molecular formula is C10H9BrCl. The standard InChI is InChI=1S/C10H9BrCl/c1-3-7(2)9-6-8(11)4-5-10(9)12/h3-6H,1H2,2H3. The lowest BCUT2D eigenvalue weighted by Crippen LogP contribution is -1.90. The molecular weight excluding hydrogens is 235 g/mol. The van der Waals surface area contributed by atoms with Gasteiger partial charge in [0, 0.05) is 15.4 Å². The maximum atomic E-state index is 5.98. The highest BCUT2D eigenvalue weighted by Gasteiger charge is 2.06. The van der Waals surface area contributed by atoms with E-state index in [4.69, 9.17) is 11.6 Å². The van der Waals surface area contributed by atoms with Crippen LogP contribution in [-0.4, -0.2) is 0 Å². The summed E-state index contributed by atoms with van der Waals surface area (Å²) in [5, 5.41) is 0.760. The van der Waals surface area contributed by atoms with Gasteiger partial charge >= 0.3 is 0 Å². The van der Waals surface area contributed by atoms with Gasteiger partial charge in [0.05, 0.1) is 0 Å². The molecule has 0 aliphatic rings. The van der Waals surface area contributed by atoms with E-state index in [9.17, 15) is 0 Å². The van der Waals surface area contributed by atoms with Crippen molar-refractivity contribution in [1.29, 1.82) is 0 Å². The number of hydrogen-bond donors (Lipinski definition) is 0. The van der Waals surface area contributed by atoms with Crippen molar-refractivity contribution in [2.75, 3.05) is 0 Å². The third-order valence-corrected chi connectivity index (χ3v) is 2.48. The van der Waals surface area contributed by atoms with E-state index in [1.54, 1.807) is 6.08 Å². The molecule has 0 saturated heterocycles. The zero-order valence-corrected chi connectivity index (χ0v) is 9.11. The van der Waals surface area contributed by atoms with Gasteiger partial charge in [-0.2, -0.15) is 0 Å². The second-order valence-electron chi connectivity index (χ2n) is 2.51. The third kappa shape index (κ3) is 2.11. The van der Waals surface area contributed by atoms with Crippen molar-refractivity contribution in [2.45, 2.75) is 6.92 Å². The normalized spacial score (nSPS) is 10.3. The van der Waals surface area contributed by atoms with Gasteiger partial charge < -0.3 is 0 Å². The van der Waals surface area contributed by atoms with Crippen LogP contribution in [0.3, 0.4) is 0 Å². The van der Waals surface area contributed by atoms with Gasteiger partial charge in [-0.05, 0) is 23.8 Å². The lowest BCUT2D eigenvalue weighted by Gasteiger charge is -2.07. The van der Waals surface area contributed by atoms with E-state index in [1.165, 1.54) is 0 Å². The molecule has 12 heavy (non-hydrogen) atoms. The Morgan fingerprint density at radius 1 is 1.58 bits per heavy atom. The molecule has 1 radical (unpaired) electrons. The summed E-state index contributed by atoms with van der Waals surface area (Å²) >= 11 is 9.37. The molecule has 0 atom stereocenters. The Hall–Kier alpha value is -0.270. The number of rotatable bonds is 2. The van der Waals surface area contributed by atoms with Crippen LogP contribution < -0.4 is 0 Å². The predicted molar refractivity (Wildman–Crippen MR) is 57.4 cm³/mol. The summed E-state index contributed by atoms with van der Waals surface area (Å²) in [5.74, 6) is 1.08. The SMILES string of the molecule is C=C[C](C)c1cc(Br)ccc1Cl. The van der Waals surface area contributed by atoms with Gasteiger partial charge in [-0.15, -0.1) is 6.58 Å². The Kier molecular flexibility index (Phi) is 3.36. The van der Waals surface area contributed by atoms with Crippen LogP contribution in [0.15, 0.2) is 35.3 Å². The number of halogens is 2. The molecule has 0 N–H and O–H groups in total. The van der Waals surface area contributed by atoms with Crippen LogP contribution in [0.2, 0.25) is 5.02 Å². The summed E-state index contributed by atoms with van der Waals surface area (Å²) in [4.78, 5) is 0. The van der Waals surface area contributed by atoms with Crippen molar-refractivity contribution in [3.8, 4) is 0 Å². The Balaban J connectivity index is 3.12. The first-order valence-electron chi connectivity index (χ1n) is 3.56. The molecule has 0 spiro atoms. The number of hydrogen-bond acceptors (Lipinski definition) is 0. The van der Waals surface area contributed by atoms with E-state index in [-0.39, 0.29) is 0 Å². The maximum absolute atomic E-state index is 5.98.